The fraction of sp³-hybridized carbons (Fsp3) is 0.929. The van der Waals surface area contributed by atoms with Crippen LogP contribution in [0.25, 0.3) is 0 Å². The van der Waals surface area contributed by atoms with Gasteiger partial charge in [0.1, 0.15) is 0 Å². The molecule has 18 heavy (non-hydrogen) atoms. The van der Waals surface area contributed by atoms with Crippen LogP contribution in [0.2, 0.25) is 0 Å². The normalized spacial score (nSPS) is 34.2. The van der Waals surface area contributed by atoms with E-state index in [1.165, 1.54) is 12.8 Å². The number of rotatable bonds is 6. The Bertz CT molecular complexity index is 292. The van der Waals surface area contributed by atoms with Crippen LogP contribution < -0.4 is 11.1 Å². The zero-order chi connectivity index (χ0) is 13.1. The number of hydrogen-bond acceptors (Lipinski definition) is 3. The summed E-state index contributed by atoms with van der Waals surface area (Å²) in [5.41, 5.74) is 6.14. The monoisotopic (exact) mass is 254 g/mol. The number of ether oxygens (including phenoxy) is 1. The van der Waals surface area contributed by atoms with Crippen molar-refractivity contribution in [2.45, 2.75) is 39.2 Å². The third-order valence-electron chi connectivity index (χ3n) is 4.28. The highest BCUT2D eigenvalue weighted by atomic mass is 16.5. The number of nitrogens with one attached hydrogen (secondary N) is 1. The van der Waals surface area contributed by atoms with E-state index in [2.05, 4.69) is 19.2 Å². The highest BCUT2D eigenvalue weighted by Crippen LogP contribution is 2.47. The molecular weight excluding hydrogens is 228 g/mol. The summed E-state index contributed by atoms with van der Waals surface area (Å²) in [4.78, 5) is 12.1. The standard InChI is InChI=1S/C14H26N2O2/c1-9(2)8-18-6-5-16-14(17)12-10-3-4-11(7-10)13(12)15/h9-13H,3-8,15H2,1-2H3,(H,16,17). The van der Waals surface area contributed by atoms with E-state index in [0.29, 0.717) is 30.9 Å². The summed E-state index contributed by atoms with van der Waals surface area (Å²) in [6, 6.07) is 0.0836. The van der Waals surface area contributed by atoms with Crippen molar-refractivity contribution >= 4 is 5.91 Å². The van der Waals surface area contributed by atoms with Crippen molar-refractivity contribution in [1.29, 1.82) is 0 Å². The first kappa shape index (κ1) is 13.8. The molecule has 0 heterocycles. The Balaban J connectivity index is 1.66. The molecule has 2 bridgehead atoms. The van der Waals surface area contributed by atoms with Gasteiger partial charge >= 0.3 is 0 Å². The van der Waals surface area contributed by atoms with Crippen LogP contribution in [0.5, 0.6) is 0 Å². The second-order valence-corrected chi connectivity index (χ2v) is 6.20. The largest absolute Gasteiger partial charge is 0.379 e. The number of amides is 1. The lowest BCUT2D eigenvalue weighted by molar-refractivity contribution is -0.127. The summed E-state index contributed by atoms with van der Waals surface area (Å²) in [5.74, 6) is 1.85. The van der Waals surface area contributed by atoms with Crippen LogP contribution in [0.15, 0.2) is 0 Å². The first-order valence-electron chi connectivity index (χ1n) is 7.20. The smallest absolute Gasteiger partial charge is 0.225 e. The summed E-state index contributed by atoms with van der Waals surface area (Å²) in [7, 11) is 0. The van der Waals surface area contributed by atoms with Gasteiger partial charge < -0.3 is 15.8 Å². The summed E-state index contributed by atoms with van der Waals surface area (Å²) >= 11 is 0. The molecule has 2 saturated carbocycles. The van der Waals surface area contributed by atoms with Gasteiger partial charge in [-0.2, -0.15) is 0 Å². The van der Waals surface area contributed by atoms with Gasteiger partial charge in [-0.05, 0) is 37.0 Å². The van der Waals surface area contributed by atoms with Crippen molar-refractivity contribution in [1.82, 2.24) is 5.32 Å². The highest BCUT2D eigenvalue weighted by molar-refractivity contribution is 5.80. The maximum atomic E-state index is 12.1. The van der Waals surface area contributed by atoms with Crippen LogP contribution >= 0.6 is 0 Å². The van der Waals surface area contributed by atoms with E-state index >= 15 is 0 Å². The summed E-state index contributed by atoms with van der Waals surface area (Å²) < 4.78 is 5.45. The van der Waals surface area contributed by atoms with Crippen molar-refractivity contribution in [3.8, 4) is 0 Å². The van der Waals surface area contributed by atoms with E-state index in [1.807, 2.05) is 0 Å². The number of nitrogens with two attached hydrogens (primary N) is 1. The second kappa shape index (κ2) is 6.02. The molecule has 2 aliphatic carbocycles. The molecule has 4 heteroatoms. The summed E-state index contributed by atoms with van der Waals surface area (Å²) in [6.45, 7) is 6.19. The van der Waals surface area contributed by atoms with Crippen molar-refractivity contribution < 1.29 is 9.53 Å². The molecule has 0 spiro atoms. The zero-order valence-electron chi connectivity index (χ0n) is 11.5. The Hall–Kier alpha value is -0.610. The van der Waals surface area contributed by atoms with Crippen LogP contribution in [-0.4, -0.2) is 31.7 Å². The van der Waals surface area contributed by atoms with Gasteiger partial charge in [-0.3, -0.25) is 4.79 Å². The van der Waals surface area contributed by atoms with Gasteiger partial charge in [0.2, 0.25) is 5.91 Å². The molecule has 0 saturated heterocycles. The molecule has 1 amide bonds. The minimum absolute atomic E-state index is 0.0499. The molecule has 4 unspecified atom stereocenters. The topological polar surface area (TPSA) is 64.3 Å². The summed E-state index contributed by atoms with van der Waals surface area (Å²) in [6.07, 6.45) is 3.55. The molecule has 0 aromatic heterocycles. The Labute approximate surface area is 110 Å². The minimum Gasteiger partial charge on any atom is -0.379 e. The number of fused-ring (bicyclic) bond motifs is 2. The molecule has 3 N–H and O–H groups in total. The highest BCUT2D eigenvalue weighted by Gasteiger charge is 2.48. The number of hydrogen-bond donors (Lipinski definition) is 2. The summed E-state index contributed by atoms with van der Waals surface area (Å²) in [5, 5.41) is 2.97. The first-order chi connectivity index (χ1) is 8.59. The molecule has 4 atom stereocenters. The van der Waals surface area contributed by atoms with Gasteiger partial charge in [0.05, 0.1) is 12.5 Å². The Morgan fingerprint density at radius 3 is 2.72 bits per heavy atom. The first-order valence-corrected chi connectivity index (χ1v) is 7.20. The minimum atomic E-state index is 0.0499. The Morgan fingerprint density at radius 1 is 1.39 bits per heavy atom. The molecule has 4 nitrogen and oxygen atoms in total. The SMILES string of the molecule is CC(C)COCCNC(=O)C1C2CCC(C2)C1N. The molecule has 0 radical (unpaired) electrons. The van der Waals surface area contributed by atoms with E-state index in [-0.39, 0.29) is 17.9 Å². The maximum absolute atomic E-state index is 12.1. The average Bonchev–Trinajstić information content (AvgIpc) is 2.88. The zero-order valence-corrected chi connectivity index (χ0v) is 11.5. The fourth-order valence-corrected chi connectivity index (χ4v) is 3.41. The van der Waals surface area contributed by atoms with Crippen molar-refractivity contribution in [2.75, 3.05) is 19.8 Å². The van der Waals surface area contributed by atoms with Crippen molar-refractivity contribution in [3.63, 3.8) is 0 Å². The third-order valence-corrected chi connectivity index (χ3v) is 4.28. The van der Waals surface area contributed by atoms with Crippen LogP contribution in [0, 0.1) is 23.7 Å². The van der Waals surface area contributed by atoms with Crippen molar-refractivity contribution in [3.05, 3.63) is 0 Å². The number of carbonyl (C=O) groups is 1. The van der Waals surface area contributed by atoms with Crippen LogP contribution in [0.4, 0.5) is 0 Å². The average molecular weight is 254 g/mol. The maximum Gasteiger partial charge on any atom is 0.225 e. The van der Waals surface area contributed by atoms with Crippen molar-refractivity contribution in [2.24, 2.45) is 29.4 Å². The van der Waals surface area contributed by atoms with E-state index in [9.17, 15) is 4.79 Å². The Kier molecular flexibility index (Phi) is 4.62. The van der Waals surface area contributed by atoms with E-state index < -0.39 is 0 Å². The van der Waals surface area contributed by atoms with Crippen LogP contribution in [-0.2, 0) is 9.53 Å². The molecule has 0 aromatic rings. The lowest BCUT2D eigenvalue weighted by atomic mass is 9.84. The van der Waals surface area contributed by atoms with Crippen LogP contribution in [0.3, 0.4) is 0 Å². The van der Waals surface area contributed by atoms with Gasteiger partial charge in [0.15, 0.2) is 0 Å². The molecule has 2 rings (SSSR count). The van der Waals surface area contributed by atoms with Gasteiger partial charge in [0.25, 0.3) is 0 Å². The number of carbonyl (C=O) groups excluding carboxylic acids is 1. The molecule has 104 valence electrons. The predicted octanol–water partition coefficient (Wildman–Crippen LogP) is 1.15. The Morgan fingerprint density at radius 2 is 2.11 bits per heavy atom. The van der Waals surface area contributed by atoms with E-state index in [1.54, 1.807) is 0 Å². The predicted molar refractivity (Wildman–Crippen MR) is 71.0 cm³/mol. The molecule has 0 aromatic carbocycles. The van der Waals surface area contributed by atoms with Gasteiger partial charge in [-0.15, -0.1) is 0 Å². The van der Waals surface area contributed by atoms with E-state index in [0.717, 1.165) is 13.0 Å². The lowest BCUT2D eigenvalue weighted by Crippen LogP contribution is -2.45. The molecule has 2 fully saturated rings. The molecule has 0 aliphatic heterocycles. The second-order valence-electron chi connectivity index (χ2n) is 6.20. The van der Waals surface area contributed by atoms with E-state index in [4.69, 9.17) is 10.5 Å². The molecular formula is C14H26N2O2. The molecule has 2 aliphatic rings. The lowest BCUT2D eigenvalue weighted by Gasteiger charge is -2.27. The third kappa shape index (κ3) is 3.04. The van der Waals surface area contributed by atoms with Crippen LogP contribution in [0.1, 0.15) is 33.1 Å². The quantitative estimate of drug-likeness (QED) is 0.699. The van der Waals surface area contributed by atoms with Gasteiger partial charge in [0, 0.05) is 19.2 Å². The van der Waals surface area contributed by atoms with Gasteiger partial charge in [-0.1, -0.05) is 13.8 Å². The fourth-order valence-electron chi connectivity index (χ4n) is 3.41. The van der Waals surface area contributed by atoms with Gasteiger partial charge in [-0.25, -0.2) is 0 Å².